The second-order valence-electron chi connectivity index (χ2n) is 8.84. The van der Waals surface area contributed by atoms with Crippen LogP contribution >= 0.6 is 11.6 Å². The summed E-state index contributed by atoms with van der Waals surface area (Å²) in [5.41, 5.74) is 4.25. The second-order valence-corrected chi connectivity index (χ2v) is 9.27. The number of nitrogens with one attached hydrogen (secondary N) is 1. The third-order valence-corrected chi connectivity index (χ3v) is 6.71. The van der Waals surface area contributed by atoms with Crippen molar-refractivity contribution in [2.24, 2.45) is 0 Å². The third kappa shape index (κ3) is 4.27. The lowest BCUT2D eigenvalue weighted by molar-refractivity contribution is -0.110. The molecule has 1 aromatic heterocycles. The van der Waals surface area contributed by atoms with Gasteiger partial charge in [0.25, 0.3) is 11.8 Å². The van der Waals surface area contributed by atoms with E-state index in [4.69, 9.17) is 16.0 Å². The Morgan fingerprint density at radius 1 is 1.03 bits per heavy atom. The number of fused-ring (bicyclic) bond motifs is 1. The summed E-state index contributed by atoms with van der Waals surface area (Å²) in [6, 6.07) is 16.6. The van der Waals surface area contributed by atoms with Gasteiger partial charge in [-0.1, -0.05) is 23.7 Å². The minimum absolute atomic E-state index is 0.0401. The van der Waals surface area contributed by atoms with E-state index < -0.39 is 0 Å². The Morgan fingerprint density at radius 3 is 2.74 bits per heavy atom. The third-order valence-electron chi connectivity index (χ3n) is 6.48. The molecule has 0 unspecified atom stereocenters. The maximum atomic E-state index is 13.1. The van der Waals surface area contributed by atoms with Crippen LogP contribution < -0.4 is 5.32 Å². The Morgan fingerprint density at radius 2 is 1.88 bits per heavy atom. The fourth-order valence-electron chi connectivity index (χ4n) is 4.57. The maximum Gasteiger partial charge on any atom is 0.256 e. The summed E-state index contributed by atoms with van der Waals surface area (Å²) in [5.74, 6) is 1.10. The highest BCUT2D eigenvalue weighted by molar-refractivity contribution is 6.38. The summed E-state index contributed by atoms with van der Waals surface area (Å²) in [6.07, 6.45) is 0.972. The molecule has 6 nitrogen and oxygen atoms in total. The van der Waals surface area contributed by atoms with Gasteiger partial charge in [0.05, 0.1) is 5.57 Å². The van der Waals surface area contributed by atoms with Gasteiger partial charge in [0.1, 0.15) is 11.5 Å². The molecule has 0 saturated carbocycles. The quantitative estimate of drug-likeness (QED) is 0.525. The monoisotopic (exact) mass is 475 g/mol. The van der Waals surface area contributed by atoms with Gasteiger partial charge in [-0.2, -0.15) is 0 Å². The molecule has 1 fully saturated rings. The molecule has 3 aromatic rings. The molecule has 0 radical (unpaired) electrons. The number of hydrogen-bond donors (Lipinski definition) is 1. The molecule has 1 saturated heterocycles. The highest BCUT2D eigenvalue weighted by Gasteiger charge is 2.28. The number of halogens is 1. The second kappa shape index (κ2) is 9.12. The lowest BCUT2D eigenvalue weighted by Gasteiger charge is -2.20. The molecule has 0 aliphatic carbocycles. The van der Waals surface area contributed by atoms with Crippen LogP contribution in [-0.2, 0) is 4.79 Å². The Hall–Kier alpha value is -3.35. The van der Waals surface area contributed by atoms with Gasteiger partial charge in [-0.25, -0.2) is 0 Å². The number of allylic oxidation sites excluding steroid dienone is 1. The first-order chi connectivity index (χ1) is 16.4. The van der Waals surface area contributed by atoms with Gasteiger partial charge in [0, 0.05) is 52.6 Å². The van der Waals surface area contributed by atoms with Crippen LogP contribution in [0.1, 0.15) is 35.0 Å². The van der Waals surface area contributed by atoms with E-state index in [-0.39, 0.29) is 11.8 Å². The van der Waals surface area contributed by atoms with Crippen molar-refractivity contribution >= 4 is 40.2 Å². The van der Waals surface area contributed by atoms with Crippen molar-refractivity contribution in [3.8, 4) is 11.3 Å². The number of carbonyl (C=O) groups is 2. The van der Waals surface area contributed by atoms with Crippen molar-refractivity contribution in [3.05, 3.63) is 76.5 Å². The zero-order valence-corrected chi connectivity index (χ0v) is 20.0. The number of carbonyl (C=O) groups excluding carboxylic acids is 2. The minimum Gasteiger partial charge on any atom is -0.456 e. The van der Waals surface area contributed by atoms with E-state index in [9.17, 15) is 9.59 Å². The molecule has 3 heterocycles. The minimum atomic E-state index is -0.177. The Bertz CT molecular complexity index is 1310. The molecule has 2 aliphatic rings. The Kier molecular flexibility index (Phi) is 6.02. The van der Waals surface area contributed by atoms with Crippen LogP contribution in [0.2, 0.25) is 5.02 Å². The Balaban J connectivity index is 1.43. The predicted molar refractivity (Wildman–Crippen MR) is 135 cm³/mol. The first-order valence-corrected chi connectivity index (χ1v) is 11.8. The number of likely N-dealkylation sites (N-methyl/N-ethyl adjacent to an activating group) is 1. The van der Waals surface area contributed by atoms with E-state index >= 15 is 0 Å². The molecule has 5 rings (SSSR count). The topological polar surface area (TPSA) is 65.8 Å². The molecule has 174 valence electrons. The van der Waals surface area contributed by atoms with E-state index in [1.807, 2.05) is 48.2 Å². The van der Waals surface area contributed by atoms with E-state index in [2.05, 4.69) is 17.3 Å². The average molecular weight is 476 g/mol. The van der Waals surface area contributed by atoms with Crippen LogP contribution in [0.4, 0.5) is 5.69 Å². The molecule has 0 atom stereocenters. The smallest absolute Gasteiger partial charge is 0.256 e. The first-order valence-electron chi connectivity index (χ1n) is 11.4. The molecule has 0 bridgehead atoms. The van der Waals surface area contributed by atoms with Crippen molar-refractivity contribution in [2.75, 3.05) is 38.5 Å². The van der Waals surface area contributed by atoms with Crippen molar-refractivity contribution < 1.29 is 14.0 Å². The number of benzene rings is 2. The summed E-state index contributed by atoms with van der Waals surface area (Å²) in [6.45, 7) is 5.23. The van der Waals surface area contributed by atoms with Crippen LogP contribution in [0.15, 0.2) is 59.0 Å². The van der Waals surface area contributed by atoms with E-state index in [1.165, 1.54) is 0 Å². The van der Waals surface area contributed by atoms with E-state index in [0.29, 0.717) is 27.7 Å². The first kappa shape index (κ1) is 22.4. The molecule has 2 amide bonds. The predicted octanol–water partition coefficient (Wildman–Crippen LogP) is 5.26. The van der Waals surface area contributed by atoms with Gasteiger partial charge >= 0.3 is 0 Å². The number of hydrogen-bond acceptors (Lipinski definition) is 4. The van der Waals surface area contributed by atoms with Crippen LogP contribution in [0.3, 0.4) is 0 Å². The van der Waals surface area contributed by atoms with Crippen molar-refractivity contribution in [2.45, 2.75) is 13.3 Å². The fraction of sp³-hybridized carbons (Fsp3) is 0.259. The summed E-state index contributed by atoms with van der Waals surface area (Å²) >= 11 is 6.17. The summed E-state index contributed by atoms with van der Waals surface area (Å²) in [7, 11) is 2.09. The molecule has 2 aliphatic heterocycles. The summed E-state index contributed by atoms with van der Waals surface area (Å²) in [4.78, 5) is 29.9. The molecule has 2 aromatic carbocycles. The summed E-state index contributed by atoms with van der Waals surface area (Å²) in [5, 5.41) is 3.45. The van der Waals surface area contributed by atoms with Gasteiger partial charge in [-0.05, 0) is 69.4 Å². The van der Waals surface area contributed by atoms with Gasteiger partial charge in [-0.15, -0.1) is 0 Å². The lowest BCUT2D eigenvalue weighted by atomic mass is 10.0. The highest BCUT2D eigenvalue weighted by Crippen LogP contribution is 2.39. The molecular weight excluding hydrogens is 450 g/mol. The molecule has 1 N–H and O–H groups in total. The van der Waals surface area contributed by atoms with Crippen LogP contribution in [0, 0.1) is 0 Å². The number of anilines is 1. The maximum absolute atomic E-state index is 13.1. The number of furan rings is 1. The SMILES string of the molecule is CC(=C1C(=O)Nc2ccc(Cl)cc21)c1ccc(-c2cccc(C(=O)N3CCCN(C)CC3)c2)o1. The average Bonchev–Trinajstić information content (AvgIpc) is 3.38. The van der Waals surface area contributed by atoms with Crippen LogP contribution in [0.5, 0.6) is 0 Å². The van der Waals surface area contributed by atoms with E-state index in [1.54, 1.807) is 18.2 Å². The fourth-order valence-corrected chi connectivity index (χ4v) is 4.74. The highest BCUT2D eigenvalue weighted by atomic mass is 35.5. The van der Waals surface area contributed by atoms with Gasteiger partial charge < -0.3 is 19.5 Å². The lowest BCUT2D eigenvalue weighted by Crippen LogP contribution is -2.34. The van der Waals surface area contributed by atoms with Gasteiger partial charge in [-0.3, -0.25) is 9.59 Å². The number of amides is 2. The van der Waals surface area contributed by atoms with Crippen molar-refractivity contribution in [1.29, 1.82) is 0 Å². The zero-order chi connectivity index (χ0) is 23.8. The standard InChI is InChI=1S/C27H26ClN3O3/c1-17(25-21-16-20(28)7-8-22(21)29-26(25)32)23-9-10-24(34-23)18-5-3-6-19(15-18)27(33)31-12-4-11-30(2)13-14-31/h3,5-10,15-16H,4,11-14H2,1-2H3,(H,29,32). The van der Waals surface area contributed by atoms with Crippen molar-refractivity contribution in [1.82, 2.24) is 9.80 Å². The molecule has 34 heavy (non-hydrogen) atoms. The molecule has 7 heteroatoms. The van der Waals surface area contributed by atoms with Crippen LogP contribution in [-0.4, -0.2) is 54.8 Å². The number of rotatable bonds is 3. The zero-order valence-electron chi connectivity index (χ0n) is 19.2. The largest absolute Gasteiger partial charge is 0.456 e. The summed E-state index contributed by atoms with van der Waals surface area (Å²) < 4.78 is 6.15. The molecular formula is C27H26ClN3O3. The van der Waals surface area contributed by atoms with Crippen molar-refractivity contribution in [3.63, 3.8) is 0 Å². The van der Waals surface area contributed by atoms with Gasteiger partial charge in [0.15, 0.2) is 0 Å². The van der Waals surface area contributed by atoms with Gasteiger partial charge in [0.2, 0.25) is 0 Å². The molecule has 0 spiro atoms. The number of nitrogens with zero attached hydrogens (tertiary/aromatic N) is 2. The Labute approximate surface area is 203 Å². The van der Waals surface area contributed by atoms with E-state index in [0.717, 1.165) is 55.0 Å². The normalized spacial score (nSPS) is 17.9. The van der Waals surface area contributed by atoms with Crippen LogP contribution in [0.25, 0.3) is 22.5 Å².